The summed E-state index contributed by atoms with van der Waals surface area (Å²) in [5.74, 6) is -0.646. The first-order chi connectivity index (χ1) is 8.20. The Kier molecular flexibility index (Phi) is 11.0. The molecule has 0 aliphatic carbocycles. The average Bonchev–Trinajstić information content (AvgIpc) is 2.30. The van der Waals surface area contributed by atoms with Gasteiger partial charge in [-0.1, -0.05) is 39.5 Å². The van der Waals surface area contributed by atoms with Gasteiger partial charge < -0.3 is 4.74 Å². The Morgan fingerprint density at radius 3 is 1.59 bits per heavy atom. The molecule has 3 heteroatoms. The van der Waals surface area contributed by atoms with E-state index in [4.69, 9.17) is 4.74 Å². The summed E-state index contributed by atoms with van der Waals surface area (Å²) in [5, 5.41) is 0. The number of unbranched alkanes of at least 4 members (excludes halogenated alkanes) is 4. The summed E-state index contributed by atoms with van der Waals surface area (Å²) in [7, 11) is 0. The van der Waals surface area contributed by atoms with E-state index in [9.17, 15) is 8.78 Å². The van der Waals surface area contributed by atoms with Gasteiger partial charge in [-0.15, -0.1) is 0 Å². The third kappa shape index (κ3) is 11.4. The van der Waals surface area contributed by atoms with Crippen molar-refractivity contribution in [2.24, 2.45) is 0 Å². The first-order valence-electron chi connectivity index (χ1n) is 6.55. The van der Waals surface area contributed by atoms with Crippen molar-refractivity contribution in [3.63, 3.8) is 0 Å². The molecule has 17 heavy (non-hydrogen) atoms. The molecule has 0 rings (SSSR count). The van der Waals surface area contributed by atoms with Crippen LogP contribution in [0.25, 0.3) is 0 Å². The Morgan fingerprint density at radius 2 is 1.24 bits per heavy atom. The minimum absolute atomic E-state index is 0.323. The summed E-state index contributed by atoms with van der Waals surface area (Å²) in [4.78, 5) is 0. The van der Waals surface area contributed by atoms with Crippen LogP contribution in [-0.4, -0.2) is 0 Å². The highest BCUT2D eigenvalue weighted by molar-refractivity contribution is 4.90. The van der Waals surface area contributed by atoms with E-state index in [2.05, 4.69) is 13.8 Å². The highest BCUT2D eigenvalue weighted by Gasteiger charge is 1.97. The fourth-order valence-electron chi connectivity index (χ4n) is 1.39. The topological polar surface area (TPSA) is 9.23 Å². The molecule has 0 spiro atoms. The summed E-state index contributed by atoms with van der Waals surface area (Å²) in [6, 6.07) is 0. The van der Waals surface area contributed by atoms with Gasteiger partial charge in [0.2, 0.25) is 0 Å². The van der Waals surface area contributed by atoms with Gasteiger partial charge in [-0.3, -0.25) is 0 Å². The van der Waals surface area contributed by atoms with Crippen molar-refractivity contribution >= 4 is 0 Å². The van der Waals surface area contributed by atoms with E-state index in [-0.39, 0.29) is 11.7 Å². The van der Waals surface area contributed by atoms with E-state index >= 15 is 0 Å². The molecule has 0 bridgehead atoms. The van der Waals surface area contributed by atoms with Crippen LogP contribution in [0.5, 0.6) is 0 Å². The van der Waals surface area contributed by atoms with Gasteiger partial charge in [0.15, 0.2) is 0 Å². The van der Waals surface area contributed by atoms with E-state index in [1.165, 1.54) is 0 Å². The van der Waals surface area contributed by atoms with Crippen molar-refractivity contribution in [2.45, 2.75) is 65.2 Å². The van der Waals surface area contributed by atoms with Crippen LogP contribution in [0.2, 0.25) is 0 Å². The molecular weight excluding hydrogens is 222 g/mol. The van der Waals surface area contributed by atoms with Gasteiger partial charge in [-0.05, 0) is 12.8 Å². The monoisotopic (exact) mass is 246 g/mol. The van der Waals surface area contributed by atoms with Crippen LogP contribution < -0.4 is 0 Å². The molecule has 0 aromatic rings. The lowest BCUT2D eigenvalue weighted by atomic mass is 10.2. The molecule has 0 atom stereocenters. The van der Waals surface area contributed by atoms with Crippen LogP contribution in [0, 0.1) is 0 Å². The van der Waals surface area contributed by atoms with Crippen LogP contribution in [0.1, 0.15) is 65.2 Å². The maximum absolute atomic E-state index is 13.1. The van der Waals surface area contributed by atoms with Crippen molar-refractivity contribution < 1.29 is 13.5 Å². The van der Waals surface area contributed by atoms with E-state index in [0.29, 0.717) is 12.8 Å². The second-order valence-corrected chi connectivity index (χ2v) is 4.18. The molecule has 0 aromatic carbocycles. The van der Waals surface area contributed by atoms with Crippen molar-refractivity contribution in [2.75, 3.05) is 0 Å². The Labute approximate surface area is 104 Å². The predicted octanol–water partition coefficient (Wildman–Crippen LogP) is 5.79. The second-order valence-electron chi connectivity index (χ2n) is 4.18. The Bertz CT molecular complexity index is 210. The molecule has 1 nitrogen and oxygen atoms in total. The van der Waals surface area contributed by atoms with Crippen molar-refractivity contribution in [1.82, 2.24) is 0 Å². The number of allylic oxidation sites excluding steroid dienone is 2. The van der Waals surface area contributed by atoms with Gasteiger partial charge in [0.1, 0.15) is 24.2 Å². The van der Waals surface area contributed by atoms with Crippen LogP contribution in [0.15, 0.2) is 24.2 Å². The lowest BCUT2D eigenvalue weighted by Crippen LogP contribution is -1.81. The van der Waals surface area contributed by atoms with Gasteiger partial charge in [-0.2, -0.15) is 0 Å². The zero-order chi connectivity index (χ0) is 12.9. The molecular formula is C14H24F2O. The largest absolute Gasteiger partial charge is 0.467 e. The van der Waals surface area contributed by atoms with Gasteiger partial charge in [0.05, 0.1) is 0 Å². The molecule has 0 saturated carbocycles. The second kappa shape index (κ2) is 11.6. The van der Waals surface area contributed by atoms with Crippen LogP contribution in [0.3, 0.4) is 0 Å². The Balaban J connectivity index is 3.69. The van der Waals surface area contributed by atoms with Crippen LogP contribution >= 0.6 is 0 Å². The minimum atomic E-state index is -0.323. The molecule has 0 unspecified atom stereocenters. The lowest BCUT2D eigenvalue weighted by Gasteiger charge is -1.98. The van der Waals surface area contributed by atoms with Gasteiger partial charge in [0, 0.05) is 12.8 Å². The van der Waals surface area contributed by atoms with E-state index in [1.54, 1.807) is 0 Å². The molecule has 0 heterocycles. The van der Waals surface area contributed by atoms with Crippen molar-refractivity contribution in [3.8, 4) is 0 Å². The summed E-state index contributed by atoms with van der Waals surface area (Å²) >= 11 is 0. The fraction of sp³-hybridized carbons (Fsp3) is 0.714. The lowest BCUT2D eigenvalue weighted by molar-refractivity contribution is 0.353. The molecule has 0 fully saturated rings. The van der Waals surface area contributed by atoms with E-state index < -0.39 is 0 Å². The first kappa shape index (κ1) is 16.1. The van der Waals surface area contributed by atoms with E-state index in [1.807, 2.05) is 0 Å². The zero-order valence-corrected chi connectivity index (χ0v) is 11.0. The third-order valence-electron chi connectivity index (χ3n) is 2.43. The molecule has 0 aliphatic rings. The summed E-state index contributed by atoms with van der Waals surface area (Å²) in [6.07, 6.45) is 8.48. The quantitative estimate of drug-likeness (QED) is 0.350. The smallest absolute Gasteiger partial charge is 0.135 e. The maximum Gasteiger partial charge on any atom is 0.135 e. The molecule has 0 amide bonds. The summed E-state index contributed by atoms with van der Waals surface area (Å²) < 4.78 is 30.9. The standard InChI is InChI=1S/C14H24F2O/c1-3-5-7-9-13(15)11-17-12-14(16)10-8-6-4-2/h11-12H,3-10H2,1-2H3. The third-order valence-corrected chi connectivity index (χ3v) is 2.43. The molecule has 0 N–H and O–H groups in total. The van der Waals surface area contributed by atoms with Gasteiger partial charge >= 0.3 is 0 Å². The van der Waals surface area contributed by atoms with Crippen LogP contribution in [0.4, 0.5) is 8.78 Å². The van der Waals surface area contributed by atoms with Gasteiger partial charge in [-0.25, -0.2) is 8.78 Å². The minimum Gasteiger partial charge on any atom is -0.467 e. The SMILES string of the molecule is CCCCCC(F)=COC=C(F)CCCCC. The molecule has 0 aromatic heterocycles. The number of ether oxygens (including phenoxy) is 1. The van der Waals surface area contributed by atoms with Crippen molar-refractivity contribution in [1.29, 1.82) is 0 Å². The molecule has 0 aliphatic heterocycles. The zero-order valence-electron chi connectivity index (χ0n) is 11.0. The summed E-state index contributed by atoms with van der Waals surface area (Å²) in [5.41, 5.74) is 0. The number of hydrogen-bond donors (Lipinski definition) is 0. The first-order valence-corrected chi connectivity index (χ1v) is 6.55. The number of rotatable bonds is 10. The Hall–Kier alpha value is -0.860. The normalized spacial score (nSPS) is 12.9. The highest BCUT2D eigenvalue weighted by Crippen LogP contribution is 2.12. The molecule has 0 saturated heterocycles. The highest BCUT2D eigenvalue weighted by atomic mass is 19.1. The van der Waals surface area contributed by atoms with Gasteiger partial charge in [0.25, 0.3) is 0 Å². The maximum atomic E-state index is 13.1. The molecule has 0 radical (unpaired) electrons. The predicted molar refractivity (Wildman–Crippen MR) is 67.8 cm³/mol. The molecule has 100 valence electrons. The van der Waals surface area contributed by atoms with Crippen LogP contribution in [-0.2, 0) is 4.74 Å². The Morgan fingerprint density at radius 1 is 0.824 bits per heavy atom. The van der Waals surface area contributed by atoms with E-state index in [0.717, 1.165) is 51.0 Å². The fourth-order valence-corrected chi connectivity index (χ4v) is 1.39. The number of halogens is 2. The van der Waals surface area contributed by atoms with Crippen molar-refractivity contribution in [3.05, 3.63) is 24.2 Å². The number of hydrogen-bond acceptors (Lipinski definition) is 1. The summed E-state index contributed by atoms with van der Waals surface area (Å²) in [6.45, 7) is 4.12. The average molecular weight is 246 g/mol.